The highest BCUT2D eigenvalue weighted by molar-refractivity contribution is 7.99. The molecule has 0 spiro atoms. The van der Waals surface area contributed by atoms with E-state index in [2.05, 4.69) is 6.07 Å². The van der Waals surface area contributed by atoms with Crippen LogP contribution < -0.4 is 5.73 Å². The first-order valence-corrected chi connectivity index (χ1v) is 7.26. The molecule has 0 saturated carbocycles. The number of benzene rings is 1. The van der Waals surface area contributed by atoms with Crippen LogP contribution in [0, 0.1) is 0 Å². The summed E-state index contributed by atoms with van der Waals surface area (Å²) >= 11 is 1.78. The van der Waals surface area contributed by atoms with Crippen molar-refractivity contribution in [2.75, 3.05) is 11.5 Å². The molecule has 1 aromatic rings. The van der Waals surface area contributed by atoms with E-state index in [0.717, 1.165) is 28.3 Å². The summed E-state index contributed by atoms with van der Waals surface area (Å²) in [5, 5.41) is 1.77. The van der Waals surface area contributed by atoms with Crippen LogP contribution in [-0.4, -0.2) is 9.96 Å². The number of fused-ring (bicyclic) bond motifs is 1. The van der Waals surface area contributed by atoms with Crippen LogP contribution >= 0.6 is 11.8 Å². The third-order valence-corrected chi connectivity index (χ3v) is 5.31. The van der Waals surface area contributed by atoms with Crippen LogP contribution in [0.1, 0.15) is 5.56 Å². The highest BCUT2D eigenvalue weighted by Crippen LogP contribution is 2.38. The quantitative estimate of drug-likeness (QED) is 0.718. The van der Waals surface area contributed by atoms with E-state index in [0.29, 0.717) is 0 Å². The first-order chi connectivity index (χ1) is 7.75. The van der Waals surface area contributed by atoms with Crippen molar-refractivity contribution in [2.45, 2.75) is 11.3 Å². The maximum atomic E-state index is 11.8. The SMILES string of the molecule is Nc1cccc2c1CC1=C(C=CS1=O)CS2. The maximum absolute atomic E-state index is 11.8. The lowest BCUT2D eigenvalue weighted by Crippen LogP contribution is -1.99. The van der Waals surface area contributed by atoms with Crippen molar-refractivity contribution in [3.05, 3.63) is 45.7 Å². The number of anilines is 1. The van der Waals surface area contributed by atoms with E-state index in [4.69, 9.17) is 5.73 Å². The van der Waals surface area contributed by atoms with Crippen molar-refractivity contribution in [1.29, 1.82) is 0 Å². The predicted octanol–water partition coefficient (Wildman–Crippen LogP) is 2.45. The lowest BCUT2D eigenvalue weighted by atomic mass is 10.1. The van der Waals surface area contributed by atoms with Gasteiger partial charge in [0.05, 0.1) is 10.8 Å². The first-order valence-electron chi connectivity index (χ1n) is 5.06. The highest BCUT2D eigenvalue weighted by Gasteiger charge is 2.22. The minimum absolute atomic E-state index is 0.726. The molecule has 1 unspecified atom stereocenters. The van der Waals surface area contributed by atoms with Gasteiger partial charge in [0.15, 0.2) is 0 Å². The second-order valence-electron chi connectivity index (χ2n) is 3.84. The van der Waals surface area contributed by atoms with Gasteiger partial charge in [-0.05, 0) is 29.3 Å². The van der Waals surface area contributed by atoms with E-state index < -0.39 is 10.8 Å². The Morgan fingerprint density at radius 3 is 3.12 bits per heavy atom. The number of hydrogen-bond donors (Lipinski definition) is 1. The zero-order valence-corrected chi connectivity index (χ0v) is 10.2. The van der Waals surface area contributed by atoms with Crippen molar-refractivity contribution in [2.24, 2.45) is 0 Å². The molecule has 0 fully saturated rings. The average Bonchev–Trinajstić information content (AvgIpc) is 2.51. The maximum Gasteiger partial charge on any atom is 0.0741 e. The molecule has 1 aromatic carbocycles. The highest BCUT2D eigenvalue weighted by atomic mass is 32.2. The second kappa shape index (κ2) is 3.79. The molecular formula is C12H11NOS2. The van der Waals surface area contributed by atoms with Gasteiger partial charge in [0.1, 0.15) is 0 Å². The summed E-state index contributed by atoms with van der Waals surface area (Å²) in [6, 6.07) is 5.98. The van der Waals surface area contributed by atoms with Gasteiger partial charge >= 0.3 is 0 Å². The molecule has 0 radical (unpaired) electrons. The molecular weight excluding hydrogens is 238 g/mol. The number of thioether (sulfide) groups is 1. The molecule has 3 rings (SSSR count). The van der Waals surface area contributed by atoms with Crippen LogP contribution in [0.5, 0.6) is 0 Å². The van der Waals surface area contributed by atoms with Gasteiger partial charge in [-0.2, -0.15) is 0 Å². The van der Waals surface area contributed by atoms with Crippen molar-refractivity contribution >= 4 is 28.2 Å². The summed E-state index contributed by atoms with van der Waals surface area (Å²) in [4.78, 5) is 2.25. The lowest BCUT2D eigenvalue weighted by Gasteiger charge is -2.08. The topological polar surface area (TPSA) is 43.1 Å². The summed E-state index contributed by atoms with van der Waals surface area (Å²) in [7, 11) is -0.936. The van der Waals surface area contributed by atoms with Gasteiger partial charge in [-0.3, -0.25) is 0 Å². The van der Waals surface area contributed by atoms with Crippen LogP contribution in [0.15, 0.2) is 45.1 Å². The number of nitrogens with two attached hydrogens (primary N) is 1. The zero-order valence-electron chi connectivity index (χ0n) is 8.60. The average molecular weight is 249 g/mol. The largest absolute Gasteiger partial charge is 0.398 e. The molecule has 0 aromatic heterocycles. The van der Waals surface area contributed by atoms with Crippen molar-refractivity contribution < 1.29 is 4.21 Å². The Balaban J connectivity index is 2.10. The van der Waals surface area contributed by atoms with Crippen LogP contribution in [0.2, 0.25) is 0 Å². The third-order valence-electron chi connectivity index (χ3n) is 2.88. The van der Waals surface area contributed by atoms with E-state index in [9.17, 15) is 4.21 Å². The summed E-state index contributed by atoms with van der Waals surface area (Å²) in [6.45, 7) is 0. The van der Waals surface area contributed by atoms with Crippen molar-refractivity contribution in [3.63, 3.8) is 0 Å². The minimum Gasteiger partial charge on any atom is -0.398 e. The number of nitrogen functional groups attached to an aromatic ring is 1. The molecule has 0 saturated heterocycles. The normalized spacial score (nSPS) is 22.9. The van der Waals surface area contributed by atoms with Crippen LogP contribution in [-0.2, 0) is 17.2 Å². The molecule has 2 heterocycles. The molecule has 4 heteroatoms. The molecule has 16 heavy (non-hydrogen) atoms. The van der Waals surface area contributed by atoms with Gasteiger partial charge < -0.3 is 5.73 Å². The Kier molecular flexibility index (Phi) is 2.41. The van der Waals surface area contributed by atoms with Gasteiger partial charge in [0, 0.05) is 33.1 Å². The van der Waals surface area contributed by atoms with Gasteiger partial charge in [0.25, 0.3) is 0 Å². The molecule has 0 amide bonds. The smallest absolute Gasteiger partial charge is 0.0741 e. The number of allylic oxidation sites excluding steroid dienone is 2. The molecule has 82 valence electrons. The van der Waals surface area contributed by atoms with Gasteiger partial charge in [-0.25, -0.2) is 4.21 Å². The summed E-state index contributed by atoms with van der Waals surface area (Å²) < 4.78 is 11.8. The fourth-order valence-corrected chi connectivity index (χ4v) is 4.33. The Morgan fingerprint density at radius 2 is 2.25 bits per heavy atom. The van der Waals surface area contributed by atoms with Crippen molar-refractivity contribution in [3.8, 4) is 0 Å². The zero-order chi connectivity index (χ0) is 11.1. The summed E-state index contributed by atoms with van der Waals surface area (Å²) in [6.07, 6.45) is 2.71. The summed E-state index contributed by atoms with van der Waals surface area (Å²) in [5.41, 5.74) is 9.13. The van der Waals surface area contributed by atoms with Gasteiger partial charge in [-0.1, -0.05) is 6.07 Å². The monoisotopic (exact) mass is 249 g/mol. The van der Waals surface area contributed by atoms with Gasteiger partial charge in [-0.15, -0.1) is 11.8 Å². The van der Waals surface area contributed by atoms with Gasteiger partial charge in [0.2, 0.25) is 0 Å². The Labute approximate surface area is 101 Å². The molecule has 2 aliphatic rings. The van der Waals surface area contributed by atoms with E-state index >= 15 is 0 Å². The van der Waals surface area contributed by atoms with Crippen molar-refractivity contribution in [1.82, 2.24) is 0 Å². The van der Waals surface area contributed by atoms with E-state index in [1.165, 1.54) is 10.5 Å². The molecule has 2 aliphatic heterocycles. The van der Waals surface area contributed by atoms with E-state index in [-0.39, 0.29) is 0 Å². The fourth-order valence-electron chi connectivity index (χ4n) is 1.98. The minimum atomic E-state index is -0.936. The Hall–Kier alpha value is -1.000. The lowest BCUT2D eigenvalue weighted by molar-refractivity contribution is 0.691. The molecule has 0 bridgehead atoms. The van der Waals surface area contributed by atoms with Crippen LogP contribution in [0.3, 0.4) is 0 Å². The molecule has 0 aliphatic carbocycles. The van der Waals surface area contributed by atoms with Crippen LogP contribution in [0.25, 0.3) is 0 Å². The first kappa shape index (κ1) is 10.2. The fraction of sp³-hybridized carbons (Fsp3) is 0.167. The second-order valence-corrected chi connectivity index (χ2v) is 6.21. The van der Waals surface area contributed by atoms with Crippen LogP contribution in [0.4, 0.5) is 5.69 Å². The van der Waals surface area contributed by atoms with E-state index in [1.807, 2.05) is 18.2 Å². The predicted molar refractivity (Wildman–Crippen MR) is 69.6 cm³/mol. The number of hydrogen-bond acceptors (Lipinski definition) is 3. The van der Waals surface area contributed by atoms with E-state index in [1.54, 1.807) is 17.2 Å². The summed E-state index contributed by atoms with van der Waals surface area (Å²) in [5.74, 6) is 0.897. The molecule has 2 N–H and O–H groups in total. The molecule has 2 nitrogen and oxygen atoms in total. The number of rotatable bonds is 0. The molecule has 1 atom stereocenters. The Morgan fingerprint density at radius 1 is 1.38 bits per heavy atom. The third kappa shape index (κ3) is 1.53. The standard InChI is InChI=1S/C12H11NOS2/c13-10-2-1-3-11-9(10)6-12-8(7-15-11)4-5-16(12)14/h1-5H,6-7,13H2. The Bertz CT molecular complexity index is 546.